The summed E-state index contributed by atoms with van der Waals surface area (Å²) >= 11 is 0. The van der Waals surface area contributed by atoms with Crippen molar-refractivity contribution in [2.24, 2.45) is 0 Å². The summed E-state index contributed by atoms with van der Waals surface area (Å²) in [5.41, 5.74) is -22.8. The van der Waals surface area contributed by atoms with Gasteiger partial charge in [0.1, 0.15) is 5.75 Å². The summed E-state index contributed by atoms with van der Waals surface area (Å²) in [6.45, 7) is 0. The Labute approximate surface area is 197 Å². The molecule has 0 saturated carbocycles. The number of hydrogen-bond donors (Lipinski definition) is 2. The zero-order valence-electron chi connectivity index (χ0n) is 17.1. The van der Waals surface area contributed by atoms with E-state index < -0.39 is 78.6 Å². The van der Waals surface area contributed by atoms with Crippen molar-refractivity contribution in [2.75, 3.05) is 0 Å². The van der Waals surface area contributed by atoms with Crippen LogP contribution in [0, 0.1) is 0 Å². The van der Waals surface area contributed by atoms with E-state index in [1.54, 1.807) is 0 Å². The molecule has 0 spiro atoms. The van der Waals surface area contributed by atoms with Crippen LogP contribution < -0.4 is 4.74 Å². The largest absolute Gasteiger partial charge is 0.452 e. The third kappa shape index (κ3) is 6.47. The van der Waals surface area contributed by atoms with E-state index >= 15 is 0 Å². The Morgan fingerprint density at radius 1 is 0.632 bits per heavy atom. The molecule has 0 radical (unpaired) electrons. The Hall–Kier alpha value is -2.28. The second-order valence-electron chi connectivity index (χ2n) is 7.08. The molecule has 0 fully saturated rings. The van der Waals surface area contributed by atoms with Crippen molar-refractivity contribution >= 4 is 7.60 Å². The summed E-state index contributed by atoms with van der Waals surface area (Å²) in [6, 6.07) is 0.566. The molecule has 38 heavy (non-hydrogen) atoms. The molecule has 22 heteroatoms. The van der Waals surface area contributed by atoms with E-state index in [9.17, 15) is 79.2 Å². The highest BCUT2D eigenvalue weighted by Crippen LogP contribution is 2.63. The van der Waals surface area contributed by atoms with Crippen LogP contribution in [0.4, 0.5) is 74.6 Å². The number of hydrogen-bond acceptors (Lipinski definition) is 2. The summed E-state index contributed by atoms with van der Waals surface area (Å²) in [4.78, 5) is 17.5. The van der Waals surface area contributed by atoms with Gasteiger partial charge in [-0.1, -0.05) is 12.1 Å². The molecule has 0 atom stereocenters. The Morgan fingerprint density at radius 2 is 0.947 bits per heavy atom. The van der Waals surface area contributed by atoms with Gasteiger partial charge in [0.15, 0.2) is 0 Å². The first-order chi connectivity index (χ1) is 16.4. The van der Waals surface area contributed by atoms with Gasteiger partial charge < -0.3 is 14.5 Å². The van der Waals surface area contributed by atoms with E-state index in [2.05, 4.69) is 4.74 Å². The maximum Gasteiger partial charge on any atom is 0.449 e. The molecule has 0 unspecified atom stereocenters. The molecule has 1 aromatic rings. The number of ether oxygens (including phenoxy) is 1. The second kappa shape index (κ2) is 9.72. The van der Waals surface area contributed by atoms with E-state index in [-0.39, 0.29) is 12.1 Å². The van der Waals surface area contributed by atoms with Gasteiger partial charge in [-0.3, -0.25) is 4.57 Å². The first kappa shape index (κ1) is 33.7. The molecule has 0 aliphatic rings. The number of benzene rings is 1. The monoisotopic (exact) mass is 618 g/mol. The minimum atomic E-state index is -8.30. The molecule has 4 nitrogen and oxygen atoms in total. The summed E-state index contributed by atoms with van der Waals surface area (Å²) in [5, 5.41) is 0. The molecule has 1 aromatic carbocycles. The van der Waals surface area contributed by atoms with Crippen molar-refractivity contribution in [3.8, 4) is 5.75 Å². The maximum atomic E-state index is 14.5. The lowest BCUT2D eigenvalue weighted by atomic mass is 9.79. The van der Waals surface area contributed by atoms with Crippen LogP contribution in [0.5, 0.6) is 5.75 Å². The van der Waals surface area contributed by atoms with Gasteiger partial charge in [0.2, 0.25) is 5.76 Å². The Balaban J connectivity index is 4.33. The van der Waals surface area contributed by atoms with Crippen LogP contribution >= 0.6 is 7.60 Å². The van der Waals surface area contributed by atoms with Crippen molar-refractivity contribution in [3.63, 3.8) is 0 Å². The Bertz CT molecular complexity index is 1000. The lowest BCUT2D eigenvalue weighted by Gasteiger charge is -2.41. The molecule has 0 aliphatic heterocycles. The third-order valence-corrected chi connectivity index (χ3v) is 5.04. The van der Waals surface area contributed by atoms with E-state index in [1.165, 1.54) is 0 Å². The molecular formula is C16H8F17O4P. The quantitative estimate of drug-likeness (QED) is 0.201. The molecule has 0 aromatic heterocycles. The van der Waals surface area contributed by atoms with Crippen LogP contribution in [0.2, 0.25) is 0 Å². The molecular weight excluding hydrogens is 610 g/mol. The van der Waals surface area contributed by atoms with Crippen molar-refractivity contribution in [1.29, 1.82) is 0 Å². The fourth-order valence-corrected chi connectivity index (χ4v) is 3.39. The van der Waals surface area contributed by atoms with Gasteiger partial charge >= 0.3 is 49.8 Å². The zero-order valence-corrected chi connectivity index (χ0v) is 18.0. The zero-order chi connectivity index (χ0) is 30.6. The van der Waals surface area contributed by atoms with Gasteiger partial charge in [-0.15, -0.1) is 0 Å². The minimum absolute atomic E-state index is 0.0312. The van der Waals surface area contributed by atoms with E-state index in [1.807, 2.05) is 0 Å². The van der Waals surface area contributed by atoms with Crippen LogP contribution in [-0.2, 0) is 10.7 Å². The van der Waals surface area contributed by atoms with Crippen molar-refractivity contribution in [2.45, 2.75) is 48.4 Å². The molecule has 1 rings (SSSR count). The molecule has 220 valence electrons. The number of allylic oxidation sites excluding steroid dienone is 2. The van der Waals surface area contributed by atoms with Crippen LogP contribution in [0.15, 0.2) is 35.6 Å². The van der Waals surface area contributed by atoms with Gasteiger partial charge in [0.25, 0.3) is 0 Å². The highest BCUT2D eigenvalue weighted by Gasteiger charge is 2.88. The predicted octanol–water partition coefficient (Wildman–Crippen LogP) is 7.23. The van der Waals surface area contributed by atoms with Gasteiger partial charge in [-0.2, -0.15) is 65.9 Å². The molecule has 0 heterocycles. The van der Waals surface area contributed by atoms with Crippen LogP contribution in [-0.4, -0.2) is 52.0 Å². The van der Waals surface area contributed by atoms with Gasteiger partial charge in [-0.05, 0) is 17.7 Å². The van der Waals surface area contributed by atoms with Gasteiger partial charge in [0.05, 0.1) is 11.7 Å². The summed E-state index contributed by atoms with van der Waals surface area (Å²) in [7, 11) is -4.92. The highest BCUT2D eigenvalue weighted by atomic mass is 31.2. The normalized spacial score (nSPS) is 14.9. The van der Waals surface area contributed by atoms with Crippen LogP contribution in [0.25, 0.3) is 0 Å². The maximum absolute atomic E-state index is 14.5. The summed E-state index contributed by atoms with van der Waals surface area (Å²) in [5.74, 6) is -6.50. The standard InChI is InChI=1S/C16H8F17O4P/c17-10(13(22,23)24,14(25,26)27)8(11(18,15(28,29)30)16(31,32)33)9(12(19,20)21)37-7-3-1-6(2-4-7)5-38(34,35)36/h1-4H,5H2,(H2,34,35,36). The van der Waals surface area contributed by atoms with Crippen LogP contribution in [0.3, 0.4) is 0 Å². The van der Waals surface area contributed by atoms with Gasteiger partial charge in [0, 0.05) is 0 Å². The van der Waals surface area contributed by atoms with E-state index in [0.29, 0.717) is 12.1 Å². The molecule has 0 bridgehead atoms. The fourth-order valence-electron chi connectivity index (χ4n) is 2.71. The minimum Gasteiger partial charge on any atom is -0.452 e. The number of halogens is 17. The molecule has 0 amide bonds. The lowest BCUT2D eigenvalue weighted by Crippen LogP contribution is -2.67. The highest BCUT2D eigenvalue weighted by molar-refractivity contribution is 7.50. The first-order valence-corrected chi connectivity index (χ1v) is 10.5. The Kier molecular flexibility index (Phi) is 8.64. The lowest BCUT2D eigenvalue weighted by molar-refractivity contribution is -0.365. The SMILES string of the molecule is O=P(O)(O)Cc1ccc(OC(=C(C(F)(C(F)(F)F)C(F)(F)F)C(F)(C(F)(F)F)C(F)(F)F)C(F)(F)F)cc1. The first-order valence-electron chi connectivity index (χ1n) is 8.69. The molecule has 0 saturated heterocycles. The number of rotatable bonds is 6. The van der Waals surface area contributed by atoms with E-state index in [4.69, 9.17) is 9.79 Å². The predicted molar refractivity (Wildman–Crippen MR) is 87.8 cm³/mol. The van der Waals surface area contributed by atoms with Crippen molar-refractivity contribution in [1.82, 2.24) is 0 Å². The summed E-state index contributed by atoms with van der Waals surface area (Å²) in [6.07, 6.45) is -41.0. The average Bonchev–Trinajstić information content (AvgIpc) is 2.62. The Morgan fingerprint density at radius 3 is 1.18 bits per heavy atom. The topological polar surface area (TPSA) is 66.8 Å². The third-order valence-electron chi connectivity index (χ3n) is 4.27. The molecule has 0 aliphatic carbocycles. The van der Waals surface area contributed by atoms with Crippen LogP contribution in [0.1, 0.15) is 5.56 Å². The second-order valence-corrected chi connectivity index (χ2v) is 8.72. The fraction of sp³-hybridized carbons (Fsp3) is 0.500. The van der Waals surface area contributed by atoms with E-state index in [0.717, 1.165) is 0 Å². The van der Waals surface area contributed by atoms with Gasteiger partial charge in [-0.25, -0.2) is 8.78 Å². The number of alkyl halides is 17. The van der Waals surface area contributed by atoms with Crippen molar-refractivity contribution < 1.29 is 93.7 Å². The average molecular weight is 618 g/mol. The smallest absolute Gasteiger partial charge is 0.449 e. The molecule has 2 N–H and O–H groups in total. The van der Waals surface area contributed by atoms with Crippen molar-refractivity contribution in [3.05, 3.63) is 41.2 Å². The summed E-state index contributed by atoms with van der Waals surface area (Å²) < 4.78 is 241.